The summed E-state index contributed by atoms with van der Waals surface area (Å²) in [7, 11) is 1.75. The number of rotatable bonds is 5. The minimum atomic E-state index is 0.649. The Kier molecular flexibility index (Phi) is 5.65. The second-order valence-electron chi connectivity index (χ2n) is 4.96. The maximum atomic E-state index is 5.24. The molecule has 3 nitrogen and oxygen atoms in total. The highest BCUT2D eigenvalue weighted by atomic mass is 16.5. The lowest BCUT2D eigenvalue weighted by atomic mass is 10.1. The molecule has 100 valence electrons. The van der Waals surface area contributed by atoms with Crippen molar-refractivity contribution in [3.63, 3.8) is 0 Å². The van der Waals surface area contributed by atoms with Crippen molar-refractivity contribution in [2.24, 2.45) is 0 Å². The normalized spacial score (nSPS) is 20.6. The minimum Gasteiger partial charge on any atom is -0.380 e. The Bertz CT molecular complexity index is 346. The van der Waals surface area contributed by atoms with Crippen LogP contribution in [-0.2, 0) is 17.9 Å². The molecular formula is C15H24N2O. The first kappa shape index (κ1) is 13.5. The molecule has 0 radical (unpaired) electrons. The molecule has 1 aliphatic heterocycles. The van der Waals surface area contributed by atoms with Gasteiger partial charge >= 0.3 is 0 Å². The average Bonchev–Trinajstić information content (AvgIpc) is 2.67. The first-order valence-electron chi connectivity index (χ1n) is 6.90. The van der Waals surface area contributed by atoms with Gasteiger partial charge in [0.2, 0.25) is 0 Å². The third kappa shape index (κ3) is 4.09. The van der Waals surface area contributed by atoms with Gasteiger partial charge in [-0.25, -0.2) is 0 Å². The van der Waals surface area contributed by atoms with Crippen LogP contribution in [0.15, 0.2) is 24.3 Å². The van der Waals surface area contributed by atoms with Gasteiger partial charge in [0.15, 0.2) is 0 Å². The summed E-state index contributed by atoms with van der Waals surface area (Å²) in [6, 6.07) is 9.17. The van der Waals surface area contributed by atoms with E-state index in [9.17, 15) is 0 Å². The highest BCUT2D eigenvalue weighted by molar-refractivity contribution is 5.26. The van der Waals surface area contributed by atoms with Gasteiger partial charge in [-0.2, -0.15) is 0 Å². The van der Waals surface area contributed by atoms with Crippen molar-refractivity contribution in [3.8, 4) is 0 Å². The third-order valence-electron chi connectivity index (χ3n) is 3.58. The number of nitrogens with one attached hydrogen (secondary N) is 2. The Morgan fingerprint density at radius 3 is 2.89 bits per heavy atom. The molecule has 1 aromatic carbocycles. The number of methoxy groups -OCH3 is 1. The lowest BCUT2D eigenvalue weighted by Crippen LogP contribution is -2.29. The van der Waals surface area contributed by atoms with E-state index in [0.717, 1.165) is 13.1 Å². The van der Waals surface area contributed by atoms with Crippen LogP contribution in [-0.4, -0.2) is 26.2 Å². The Morgan fingerprint density at radius 2 is 2.06 bits per heavy atom. The molecule has 2 N–H and O–H groups in total. The Labute approximate surface area is 110 Å². The van der Waals surface area contributed by atoms with Gasteiger partial charge in [0.1, 0.15) is 0 Å². The van der Waals surface area contributed by atoms with Gasteiger partial charge in [0.25, 0.3) is 0 Å². The molecule has 1 aromatic rings. The SMILES string of the molecule is COCc1ccccc1CNC1CCCNCC1. The van der Waals surface area contributed by atoms with Crippen molar-refractivity contribution in [2.45, 2.75) is 38.5 Å². The molecular weight excluding hydrogens is 224 g/mol. The van der Waals surface area contributed by atoms with E-state index in [1.54, 1.807) is 7.11 Å². The second-order valence-corrected chi connectivity index (χ2v) is 4.96. The summed E-state index contributed by atoms with van der Waals surface area (Å²) in [4.78, 5) is 0. The number of hydrogen-bond acceptors (Lipinski definition) is 3. The fourth-order valence-electron chi connectivity index (χ4n) is 2.50. The summed E-state index contributed by atoms with van der Waals surface area (Å²) in [5, 5.41) is 7.13. The summed E-state index contributed by atoms with van der Waals surface area (Å²) in [5.41, 5.74) is 2.65. The smallest absolute Gasteiger partial charge is 0.0716 e. The molecule has 1 saturated heterocycles. The van der Waals surface area contributed by atoms with Crippen molar-refractivity contribution >= 4 is 0 Å². The largest absolute Gasteiger partial charge is 0.380 e. The van der Waals surface area contributed by atoms with Gasteiger partial charge < -0.3 is 15.4 Å². The molecule has 0 spiro atoms. The molecule has 3 heteroatoms. The summed E-state index contributed by atoms with van der Waals surface area (Å²) in [6.07, 6.45) is 3.78. The van der Waals surface area contributed by atoms with Gasteiger partial charge in [-0.3, -0.25) is 0 Å². The van der Waals surface area contributed by atoms with E-state index in [2.05, 4.69) is 34.9 Å². The van der Waals surface area contributed by atoms with Crippen LogP contribution in [0.3, 0.4) is 0 Å². The van der Waals surface area contributed by atoms with Crippen LogP contribution in [0.1, 0.15) is 30.4 Å². The van der Waals surface area contributed by atoms with E-state index in [1.165, 1.54) is 36.9 Å². The van der Waals surface area contributed by atoms with Crippen LogP contribution >= 0.6 is 0 Å². The van der Waals surface area contributed by atoms with Crippen LogP contribution in [0.25, 0.3) is 0 Å². The molecule has 0 amide bonds. The van der Waals surface area contributed by atoms with Crippen molar-refractivity contribution in [3.05, 3.63) is 35.4 Å². The molecule has 0 aromatic heterocycles. The lowest BCUT2D eigenvalue weighted by molar-refractivity contribution is 0.184. The lowest BCUT2D eigenvalue weighted by Gasteiger charge is -2.17. The summed E-state index contributed by atoms with van der Waals surface area (Å²) in [6.45, 7) is 3.95. The topological polar surface area (TPSA) is 33.3 Å². The van der Waals surface area contributed by atoms with Gasteiger partial charge in [-0.15, -0.1) is 0 Å². The fourth-order valence-corrected chi connectivity index (χ4v) is 2.50. The summed E-state index contributed by atoms with van der Waals surface area (Å²) in [5.74, 6) is 0. The molecule has 1 fully saturated rings. The van der Waals surface area contributed by atoms with Crippen LogP contribution in [0.5, 0.6) is 0 Å². The van der Waals surface area contributed by atoms with Gasteiger partial charge in [0.05, 0.1) is 6.61 Å². The maximum absolute atomic E-state index is 5.24. The zero-order valence-corrected chi connectivity index (χ0v) is 11.2. The molecule has 1 aliphatic rings. The molecule has 1 heterocycles. The Morgan fingerprint density at radius 1 is 1.22 bits per heavy atom. The van der Waals surface area contributed by atoms with Crippen molar-refractivity contribution in [1.82, 2.24) is 10.6 Å². The monoisotopic (exact) mass is 248 g/mol. The third-order valence-corrected chi connectivity index (χ3v) is 3.58. The molecule has 18 heavy (non-hydrogen) atoms. The first-order chi connectivity index (χ1) is 8.90. The molecule has 1 atom stereocenters. The first-order valence-corrected chi connectivity index (χ1v) is 6.90. The van der Waals surface area contributed by atoms with E-state index in [-0.39, 0.29) is 0 Å². The highest BCUT2D eigenvalue weighted by Gasteiger charge is 2.11. The number of hydrogen-bond donors (Lipinski definition) is 2. The number of benzene rings is 1. The van der Waals surface area contributed by atoms with Crippen LogP contribution in [0.4, 0.5) is 0 Å². The molecule has 0 aliphatic carbocycles. The van der Waals surface area contributed by atoms with Crippen molar-refractivity contribution < 1.29 is 4.74 Å². The van der Waals surface area contributed by atoms with E-state index in [1.807, 2.05) is 0 Å². The molecule has 0 saturated carbocycles. The minimum absolute atomic E-state index is 0.649. The summed E-state index contributed by atoms with van der Waals surface area (Å²) < 4.78 is 5.24. The Balaban J connectivity index is 1.88. The zero-order valence-electron chi connectivity index (χ0n) is 11.2. The molecule has 0 bridgehead atoms. The van der Waals surface area contributed by atoms with Gasteiger partial charge in [0, 0.05) is 19.7 Å². The predicted octanol–water partition coefficient (Wildman–Crippen LogP) is 2.06. The van der Waals surface area contributed by atoms with Crippen molar-refractivity contribution in [1.29, 1.82) is 0 Å². The van der Waals surface area contributed by atoms with Gasteiger partial charge in [-0.1, -0.05) is 24.3 Å². The van der Waals surface area contributed by atoms with E-state index in [0.29, 0.717) is 12.6 Å². The quantitative estimate of drug-likeness (QED) is 0.837. The van der Waals surface area contributed by atoms with Crippen LogP contribution in [0.2, 0.25) is 0 Å². The van der Waals surface area contributed by atoms with Crippen molar-refractivity contribution in [2.75, 3.05) is 20.2 Å². The zero-order chi connectivity index (χ0) is 12.6. The molecule has 2 rings (SSSR count). The van der Waals surface area contributed by atoms with Gasteiger partial charge in [-0.05, 0) is 43.5 Å². The maximum Gasteiger partial charge on any atom is 0.0716 e. The average molecular weight is 248 g/mol. The fraction of sp³-hybridized carbons (Fsp3) is 0.600. The summed E-state index contributed by atoms with van der Waals surface area (Å²) >= 11 is 0. The van der Waals surface area contributed by atoms with Crippen LogP contribution in [0, 0.1) is 0 Å². The number of ether oxygens (including phenoxy) is 1. The Hall–Kier alpha value is -0.900. The highest BCUT2D eigenvalue weighted by Crippen LogP contribution is 2.12. The van der Waals surface area contributed by atoms with E-state index < -0.39 is 0 Å². The second kappa shape index (κ2) is 7.52. The standard InChI is InChI=1S/C15H24N2O/c1-18-12-14-6-3-2-5-13(14)11-17-15-7-4-9-16-10-8-15/h2-3,5-6,15-17H,4,7-12H2,1H3. The molecule has 1 unspecified atom stereocenters. The van der Waals surface area contributed by atoms with Crippen LogP contribution < -0.4 is 10.6 Å². The van der Waals surface area contributed by atoms with E-state index in [4.69, 9.17) is 4.74 Å². The van der Waals surface area contributed by atoms with E-state index >= 15 is 0 Å². The predicted molar refractivity (Wildman–Crippen MR) is 74.5 cm³/mol.